The highest BCUT2D eigenvalue weighted by Crippen LogP contribution is 2.35. The number of nitrogens with one attached hydrogen (secondary N) is 2. The molecule has 32 heavy (non-hydrogen) atoms. The Morgan fingerprint density at radius 3 is 1.84 bits per heavy atom. The molecule has 0 saturated heterocycles. The van der Waals surface area contributed by atoms with Crippen molar-refractivity contribution < 1.29 is 36.6 Å². The highest BCUT2D eigenvalue weighted by atomic mass is 35.5. The van der Waals surface area contributed by atoms with E-state index in [0.29, 0.717) is 0 Å². The third-order valence-electron chi connectivity index (χ3n) is 4.33. The number of anilines is 2. The van der Waals surface area contributed by atoms with Crippen molar-refractivity contribution in [2.45, 2.75) is 6.92 Å². The van der Waals surface area contributed by atoms with Crippen molar-refractivity contribution in [3.05, 3.63) is 87.2 Å². The third-order valence-corrected chi connectivity index (χ3v) is 4.65. The molecule has 0 aromatic heterocycles. The largest absolute Gasteiger partial charge is 0.506 e. The van der Waals surface area contributed by atoms with Gasteiger partial charge in [0.15, 0.2) is 23.3 Å². The first-order chi connectivity index (χ1) is 15.0. The van der Waals surface area contributed by atoms with Gasteiger partial charge in [0.1, 0.15) is 11.3 Å². The van der Waals surface area contributed by atoms with Crippen LogP contribution < -0.4 is 10.6 Å². The van der Waals surface area contributed by atoms with Crippen molar-refractivity contribution in [1.82, 2.24) is 0 Å². The number of phenols is 1. The smallest absolute Gasteiger partial charge is 0.261 e. The van der Waals surface area contributed by atoms with Gasteiger partial charge in [-0.2, -0.15) is 0 Å². The second-order valence-electron chi connectivity index (χ2n) is 6.57. The molecule has 0 heterocycles. The summed E-state index contributed by atoms with van der Waals surface area (Å²) in [5.41, 5.74) is -1.11. The van der Waals surface area contributed by atoms with Gasteiger partial charge >= 0.3 is 0 Å². The molecule has 5 nitrogen and oxygen atoms in total. The average Bonchev–Trinajstić information content (AvgIpc) is 2.75. The van der Waals surface area contributed by atoms with Crippen molar-refractivity contribution in [1.29, 1.82) is 0 Å². The molecule has 0 unspecified atom stereocenters. The molecule has 0 aliphatic heterocycles. The molecule has 3 N–H and O–H groups in total. The van der Waals surface area contributed by atoms with E-state index in [0.717, 1.165) is 17.7 Å². The van der Waals surface area contributed by atoms with Crippen molar-refractivity contribution in [3.8, 4) is 5.75 Å². The first-order valence-electron chi connectivity index (χ1n) is 8.74. The van der Waals surface area contributed by atoms with Crippen LogP contribution in [0.4, 0.5) is 33.3 Å². The van der Waals surface area contributed by atoms with Gasteiger partial charge in [0.25, 0.3) is 11.8 Å². The van der Waals surface area contributed by atoms with Crippen LogP contribution in [-0.4, -0.2) is 16.9 Å². The van der Waals surface area contributed by atoms with Crippen LogP contribution >= 0.6 is 11.6 Å². The maximum Gasteiger partial charge on any atom is 0.261 e. The second kappa shape index (κ2) is 8.83. The van der Waals surface area contributed by atoms with Gasteiger partial charge in [-0.25, -0.2) is 22.0 Å². The van der Waals surface area contributed by atoms with E-state index >= 15 is 0 Å². The Morgan fingerprint density at radius 1 is 0.781 bits per heavy atom. The van der Waals surface area contributed by atoms with Crippen LogP contribution in [0, 0.1) is 36.0 Å². The Balaban J connectivity index is 1.87. The summed E-state index contributed by atoms with van der Waals surface area (Å²) in [6.45, 7) is 1.83. The van der Waals surface area contributed by atoms with Crippen LogP contribution in [0.1, 0.15) is 26.3 Å². The summed E-state index contributed by atoms with van der Waals surface area (Å²) in [5, 5.41) is 14.1. The molecule has 11 heteroatoms. The van der Waals surface area contributed by atoms with E-state index < -0.39 is 57.9 Å². The monoisotopic (exact) mass is 470 g/mol. The first kappa shape index (κ1) is 23.0. The highest BCUT2D eigenvalue weighted by molar-refractivity contribution is 6.34. The zero-order chi connectivity index (χ0) is 23.7. The minimum absolute atomic E-state index is 0.158. The van der Waals surface area contributed by atoms with E-state index in [2.05, 4.69) is 5.32 Å². The van der Waals surface area contributed by atoms with E-state index in [9.17, 15) is 36.6 Å². The maximum atomic E-state index is 13.8. The van der Waals surface area contributed by atoms with E-state index in [1.165, 1.54) is 0 Å². The second-order valence-corrected chi connectivity index (χ2v) is 6.98. The topological polar surface area (TPSA) is 78.4 Å². The molecule has 0 radical (unpaired) electrons. The number of halogens is 6. The number of phenolic OH excluding ortho intramolecular Hbond substituents is 1. The van der Waals surface area contributed by atoms with Crippen LogP contribution in [-0.2, 0) is 0 Å². The van der Waals surface area contributed by atoms with Gasteiger partial charge in [-0.05, 0) is 25.1 Å². The van der Waals surface area contributed by atoms with Crippen LogP contribution in [0.2, 0.25) is 5.02 Å². The lowest BCUT2D eigenvalue weighted by Crippen LogP contribution is -2.19. The lowest BCUT2D eigenvalue weighted by Gasteiger charge is -2.13. The van der Waals surface area contributed by atoms with Gasteiger partial charge < -0.3 is 15.7 Å². The number of amides is 2. The summed E-state index contributed by atoms with van der Waals surface area (Å²) in [5.74, 6) is -14.6. The fraction of sp³-hybridized carbons (Fsp3) is 0.0476. The highest BCUT2D eigenvalue weighted by Gasteiger charge is 2.30. The van der Waals surface area contributed by atoms with Gasteiger partial charge in [-0.15, -0.1) is 0 Å². The number of carbonyl (C=O) groups excluding carboxylic acids is 2. The number of hydrogen-bond donors (Lipinski definition) is 3. The molecule has 0 bridgehead atoms. The number of rotatable bonds is 4. The fourth-order valence-electron chi connectivity index (χ4n) is 2.65. The summed E-state index contributed by atoms with van der Waals surface area (Å²) >= 11 is 5.98. The predicted molar refractivity (Wildman–Crippen MR) is 106 cm³/mol. The van der Waals surface area contributed by atoms with Gasteiger partial charge in [-0.3, -0.25) is 9.59 Å². The summed E-state index contributed by atoms with van der Waals surface area (Å²) in [4.78, 5) is 24.4. The van der Waals surface area contributed by atoms with Gasteiger partial charge in [0, 0.05) is 11.6 Å². The quantitative estimate of drug-likeness (QED) is 0.202. The Labute approximate surface area is 182 Å². The van der Waals surface area contributed by atoms with Gasteiger partial charge in [-0.1, -0.05) is 29.3 Å². The summed E-state index contributed by atoms with van der Waals surface area (Å²) < 4.78 is 67.5. The summed E-state index contributed by atoms with van der Waals surface area (Å²) in [6.07, 6.45) is 0. The van der Waals surface area contributed by atoms with E-state index in [1.54, 1.807) is 24.3 Å². The lowest BCUT2D eigenvalue weighted by atomic mass is 10.1. The Kier molecular flexibility index (Phi) is 6.35. The SMILES string of the molecule is Cc1ccc(C(=O)Nc2cc(Cl)c(NC(=O)c3c(F)c(F)c(F)c(F)c3F)cc2O)cc1. The molecule has 0 fully saturated rings. The van der Waals surface area contributed by atoms with Crippen LogP contribution in [0.25, 0.3) is 0 Å². The van der Waals surface area contributed by atoms with Crippen LogP contribution in [0.5, 0.6) is 5.75 Å². The number of aryl methyl sites for hydroxylation is 1. The number of carbonyl (C=O) groups is 2. The average molecular weight is 471 g/mol. The zero-order valence-electron chi connectivity index (χ0n) is 16.0. The van der Waals surface area contributed by atoms with Crippen molar-refractivity contribution >= 4 is 34.8 Å². The Hall–Kier alpha value is -3.66. The number of aromatic hydroxyl groups is 1. The van der Waals surface area contributed by atoms with Crippen molar-refractivity contribution in [2.24, 2.45) is 0 Å². The van der Waals surface area contributed by atoms with Crippen molar-refractivity contribution in [3.63, 3.8) is 0 Å². The summed E-state index contributed by atoms with van der Waals surface area (Å²) in [7, 11) is 0. The molecule has 0 saturated carbocycles. The van der Waals surface area contributed by atoms with Gasteiger partial charge in [0.05, 0.1) is 16.4 Å². The zero-order valence-corrected chi connectivity index (χ0v) is 16.8. The van der Waals surface area contributed by atoms with Crippen molar-refractivity contribution in [2.75, 3.05) is 10.6 Å². The normalized spacial score (nSPS) is 10.7. The molecular weight excluding hydrogens is 459 g/mol. The standard InChI is InChI=1S/C21H12ClF5N2O3/c1-8-2-4-9(5-3-8)20(31)29-12-6-10(22)11(7-13(12)30)28-21(32)14-15(23)17(25)19(27)18(26)16(14)24/h2-7,30H,1H3,(H,28,32)(H,29,31). The molecule has 0 aliphatic carbocycles. The first-order valence-corrected chi connectivity index (χ1v) is 9.12. The molecule has 3 aromatic carbocycles. The minimum Gasteiger partial charge on any atom is -0.506 e. The molecule has 3 rings (SSSR count). The molecule has 3 aromatic rings. The number of benzene rings is 3. The van der Waals surface area contributed by atoms with Crippen LogP contribution in [0.3, 0.4) is 0 Å². The molecule has 2 amide bonds. The van der Waals surface area contributed by atoms with E-state index in [-0.39, 0.29) is 16.3 Å². The van der Waals surface area contributed by atoms with E-state index in [4.69, 9.17) is 11.6 Å². The Bertz CT molecular complexity index is 1220. The molecular formula is C21H12ClF5N2O3. The molecule has 0 spiro atoms. The molecule has 0 atom stereocenters. The number of hydrogen-bond acceptors (Lipinski definition) is 3. The maximum absolute atomic E-state index is 13.8. The summed E-state index contributed by atoms with van der Waals surface area (Å²) in [6, 6.07) is 8.33. The fourth-order valence-corrected chi connectivity index (χ4v) is 2.86. The van der Waals surface area contributed by atoms with E-state index in [1.807, 2.05) is 12.2 Å². The predicted octanol–water partition coefficient (Wildman–Crippen LogP) is 5.55. The Morgan fingerprint density at radius 2 is 1.28 bits per heavy atom. The van der Waals surface area contributed by atoms with Crippen LogP contribution in [0.15, 0.2) is 36.4 Å². The molecule has 166 valence electrons. The minimum atomic E-state index is -2.42. The van der Waals surface area contributed by atoms with Gasteiger partial charge in [0.2, 0.25) is 5.82 Å². The lowest BCUT2D eigenvalue weighted by molar-refractivity contribution is 0.101. The third kappa shape index (κ3) is 4.35. The molecule has 0 aliphatic rings.